The standard InChI is InChI=1S/C10H10ClNO3/c1-6(11)9(13)7-4-3-5-8(12-7)10(14)15-2/h3-6H,1-2H3/t6-/m1/s1. The first-order chi connectivity index (χ1) is 7.06. The molecule has 80 valence electrons. The number of carbonyl (C=O) groups is 2. The molecule has 0 saturated heterocycles. The number of alkyl halides is 1. The van der Waals surface area contributed by atoms with Crippen molar-refractivity contribution in [3.05, 3.63) is 29.6 Å². The summed E-state index contributed by atoms with van der Waals surface area (Å²) in [4.78, 5) is 26.4. The second-order valence-electron chi connectivity index (χ2n) is 2.88. The molecule has 0 aliphatic heterocycles. The topological polar surface area (TPSA) is 56.3 Å². The minimum absolute atomic E-state index is 0.0978. The van der Waals surface area contributed by atoms with Gasteiger partial charge in [0.1, 0.15) is 11.4 Å². The average molecular weight is 228 g/mol. The summed E-state index contributed by atoms with van der Waals surface area (Å²) >= 11 is 5.62. The molecule has 0 radical (unpaired) electrons. The van der Waals surface area contributed by atoms with Gasteiger partial charge in [-0.3, -0.25) is 4.79 Å². The number of hydrogen-bond donors (Lipinski definition) is 0. The highest BCUT2D eigenvalue weighted by molar-refractivity contribution is 6.33. The van der Waals surface area contributed by atoms with Crippen molar-refractivity contribution in [2.75, 3.05) is 7.11 Å². The number of esters is 1. The Hall–Kier alpha value is -1.42. The number of hydrogen-bond acceptors (Lipinski definition) is 4. The van der Waals surface area contributed by atoms with Crippen LogP contribution in [0.15, 0.2) is 18.2 Å². The zero-order valence-electron chi connectivity index (χ0n) is 8.36. The zero-order chi connectivity index (χ0) is 11.4. The third kappa shape index (κ3) is 2.76. The van der Waals surface area contributed by atoms with Crippen molar-refractivity contribution >= 4 is 23.4 Å². The van der Waals surface area contributed by atoms with E-state index in [1.807, 2.05) is 0 Å². The smallest absolute Gasteiger partial charge is 0.356 e. The van der Waals surface area contributed by atoms with E-state index in [2.05, 4.69) is 9.72 Å². The van der Waals surface area contributed by atoms with Gasteiger partial charge in [0.15, 0.2) is 5.78 Å². The summed E-state index contributed by atoms with van der Waals surface area (Å²) in [7, 11) is 1.25. The Morgan fingerprint density at radius 1 is 1.40 bits per heavy atom. The molecule has 1 aromatic rings. The largest absolute Gasteiger partial charge is 0.464 e. The first-order valence-corrected chi connectivity index (χ1v) is 4.73. The predicted octanol–water partition coefficient (Wildman–Crippen LogP) is 1.68. The maximum atomic E-state index is 11.5. The van der Waals surface area contributed by atoms with Crippen LogP contribution in [0, 0.1) is 0 Å². The van der Waals surface area contributed by atoms with E-state index < -0.39 is 11.3 Å². The van der Waals surface area contributed by atoms with Crippen molar-refractivity contribution in [2.24, 2.45) is 0 Å². The van der Waals surface area contributed by atoms with E-state index >= 15 is 0 Å². The van der Waals surface area contributed by atoms with E-state index in [1.54, 1.807) is 13.0 Å². The Labute approximate surface area is 92.2 Å². The van der Waals surface area contributed by atoms with Gasteiger partial charge < -0.3 is 4.74 Å². The molecule has 0 fully saturated rings. The van der Waals surface area contributed by atoms with Crippen LogP contribution in [0.4, 0.5) is 0 Å². The van der Waals surface area contributed by atoms with E-state index in [4.69, 9.17) is 11.6 Å². The Morgan fingerprint density at radius 2 is 2.00 bits per heavy atom. The van der Waals surface area contributed by atoms with E-state index in [-0.39, 0.29) is 17.2 Å². The van der Waals surface area contributed by atoms with Crippen LogP contribution in [0.3, 0.4) is 0 Å². The monoisotopic (exact) mass is 227 g/mol. The summed E-state index contributed by atoms with van der Waals surface area (Å²) in [6.45, 7) is 1.55. The Kier molecular flexibility index (Phi) is 3.80. The van der Waals surface area contributed by atoms with E-state index in [0.29, 0.717) is 0 Å². The number of pyridine rings is 1. The second kappa shape index (κ2) is 4.89. The van der Waals surface area contributed by atoms with Crippen LogP contribution in [-0.4, -0.2) is 29.2 Å². The number of ketones is 1. The molecule has 1 aromatic heterocycles. The fourth-order valence-corrected chi connectivity index (χ4v) is 1.11. The zero-order valence-corrected chi connectivity index (χ0v) is 9.12. The van der Waals surface area contributed by atoms with Crippen LogP contribution >= 0.6 is 11.6 Å². The van der Waals surface area contributed by atoms with Gasteiger partial charge in [-0.25, -0.2) is 9.78 Å². The molecule has 0 aromatic carbocycles. The molecule has 15 heavy (non-hydrogen) atoms. The number of rotatable bonds is 3. The first-order valence-electron chi connectivity index (χ1n) is 4.30. The highest BCUT2D eigenvalue weighted by Crippen LogP contribution is 2.07. The van der Waals surface area contributed by atoms with Gasteiger partial charge in [0, 0.05) is 0 Å². The van der Waals surface area contributed by atoms with Crippen molar-refractivity contribution in [2.45, 2.75) is 12.3 Å². The number of ether oxygens (including phenoxy) is 1. The molecule has 0 saturated carbocycles. The van der Waals surface area contributed by atoms with Crippen LogP contribution in [0.25, 0.3) is 0 Å². The third-order valence-corrected chi connectivity index (χ3v) is 1.96. The van der Waals surface area contributed by atoms with Gasteiger partial charge in [-0.15, -0.1) is 11.6 Å². The van der Waals surface area contributed by atoms with Crippen molar-refractivity contribution < 1.29 is 14.3 Å². The van der Waals surface area contributed by atoms with Gasteiger partial charge >= 0.3 is 5.97 Å². The number of halogens is 1. The molecule has 0 aliphatic rings. The van der Waals surface area contributed by atoms with Crippen molar-refractivity contribution in [3.63, 3.8) is 0 Å². The number of Topliss-reactive ketones (excluding diaryl/α,β-unsaturated/α-hetero) is 1. The fraction of sp³-hybridized carbons (Fsp3) is 0.300. The molecule has 0 spiro atoms. The van der Waals surface area contributed by atoms with Gasteiger partial charge in [0.2, 0.25) is 0 Å². The predicted molar refractivity (Wildman–Crippen MR) is 55.2 cm³/mol. The SMILES string of the molecule is COC(=O)c1cccc(C(=O)[C@@H](C)Cl)n1. The second-order valence-corrected chi connectivity index (χ2v) is 3.53. The number of aromatic nitrogens is 1. The summed E-state index contributed by atoms with van der Waals surface area (Å²) in [5.74, 6) is -0.894. The summed E-state index contributed by atoms with van der Waals surface area (Å²) in [6.07, 6.45) is 0. The maximum absolute atomic E-state index is 11.5. The molecule has 0 aliphatic carbocycles. The minimum Gasteiger partial charge on any atom is -0.464 e. The normalized spacial score (nSPS) is 11.9. The molecule has 0 amide bonds. The molecule has 0 N–H and O–H groups in total. The van der Waals surface area contributed by atoms with Crippen LogP contribution in [-0.2, 0) is 4.74 Å². The molecule has 0 bridgehead atoms. The lowest BCUT2D eigenvalue weighted by Gasteiger charge is -2.03. The summed E-state index contributed by atoms with van der Waals surface area (Å²) in [5, 5.41) is -0.662. The minimum atomic E-state index is -0.662. The summed E-state index contributed by atoms with van der Waals surface area (Å²) in [6, 6.07) is 4.54. The molecule has 1 atom stereocenters. The lowest BCUT2D eigenvalue weighted by molar-refractivity contribution is 0.0594. The quantitative estimate of drug-likeness (QED) is 0.448. The number of nitrogens with zero attached hydrogens (tertiary/aromatic N) is 1. The Bertz CT molecular complexity index is 390. The van der Waals surface area contributed by atoms with E-state index in [0.717, 1.165) is 0 Å². The highest BCUT2D eigenvalue weighted by Gasteiger charge is 2.16. The van der Waals surface area contributed by atoms with Crippen molar-refractivity contribution in [1.29, 1.82) is 0 Å². The Balaban J connectivity index is 3.02. The molecule has 5 heteroatoms. The van der Waals surface area contributed by atoms with Gasteiger partial charge in [0.05, 0.1) is 12.5 Å². The molecule has 1 heterocycles. The van der Waals surface area contributed by atoms with Gasteiger partial charge in [-0.05, 0) is 19.1 Å². The maximum Gasteiger partial charge on any atom is 0.356 e. The van der Waals surface area contributed by atoms with Gasteiger partial charge in [-0.2, -0.15) is 0 Å². The lowest BCUT2D eigenvalue weighted by atomic mass is 10.2. The molecule has 0 unspecified atom stereocenters. The molecular weight excluding hydrogens is 218 g/mol. The van der Waals surface area contributed by atoms with Crippen molar-refractivity contribution in [1.82, 2.24) is 4.98 Å². The number of carbonyl (C=O) groups excluding carboxylic acids is 2. The average Bonchev–Trinajstić information content (AvgIpc) is 2.27. The van der Waals surface area contributed by atoms with E-state index in [1.165, 1.54) is 19.2 Å². The number of methoxy groups -OCH3 is 1. The lowest BCUT2D eigenvalue weighted by Crippen LogP contribution is -2.14. The Morgan fingerprint density at radius 3 is 2.53 bits per heavy atom. The molecular formula is C10H10ClNO3. The third-order valence-electron chi connectivity index (χ3n) is 1.76. The molecule has 4 nitrogen and oxygen atoms in total. The highest BCUT2D eigenvalue weighted by atomic mass is 35.5. The van der Waals surface area contributed by atoms with Crippen LogP contribution in [0.1, 0.15) is 27.9 Å². The van der Waals surface area contributed by atoms with E-state index in [9.17, 15) is 9.59 Å². The fourth-order valence-electron chi connectivity index (χ4n) is 0.994. The van der Waals surface area contributed by atoms with Gasteiger partial charge in [-0.1, -0.05) is 6.07 Å². The van der Waals surface area contributed by atoms with Crippen LogP contribution < -0.4 is 0 Å². The summed E-state index contributed by atoms with van der Waals surface area (Å²) < 4.78 is 4.49. The summed E-state index contributed by atoms with van der Waals surface area (Å²) in [5.41, 5.74) is 0.265. The molecule has 1 rings (SSSR count). The van der Waals surface area contributed by atoms with Crippen LogP contribution in [0.5, 0.6) is 0 Å². The first kappa shape index (κ1) is 11.7. The van der Waals surface area contributed by atoms with Gasteiger partial charge in [0.25, 0.3) is 0 Å². The van der Waals surface area contributed by atoms with Crippen molar-refractivity contribution in [3.8, 4) is 0 Å². The van der Waals surface area contributed by atoms with Crippen LogP contribution in [0.2, 0.25) is 0 Å².